The number of carbonyl (C=O) groups is 2. The normalized spacial score (nSPS) is 15.7. The van der Waals surface area contributed by atoms with Crippen molar-refractivity contribution in [1.29, 1.82) is 0 Å². The van der Waals surface area contributed by atoms with Crippen molar-refractivity contribution in [3.05, 3.63) is 34.9 Å². The predicted octanol–water partition coefficient (Wildman–Crippen LogP) is 3.23. The van der Waals surface area contributed by atoms with Crippen molar-refractivity contribution >= 4 is 23.4 Å². The van der Waals surface area contributed by atoms with E-state index in [1.165, 1.54) is 12.8 Å². The zero-order valence-electron chi connectivity index (χ0n) is 13.4. The molecule has 1 aliphatic rings. The van der Waals surface area contributed by atoms with Crippen LogP contribution in [0.15, 0.2) is 24.3 Å². The molecule has 2 N–H and O–H groups in total. The molecule has 1 aliphatic carbocycles. The third kappa shape index (κ3) is 7.04. The molecule has 0 aliphatic heterocycles. The van der Waals surface area contributed by atoms with Crippen molar-refractivity contribution in [2.45, 2.75) is 57.4 Å². The van der Waals surface area contributed by atoms with Crippen molar-refractivity contribution in [3.8, 4) is 0 Å². The van der Waals surface area contributed by atoms with Gasteiger partial charge in [-0.15, -0.1) is 0 Å². The SMILES string of the molecule is O=C(CC(=O)NC1CCCCCC1)NCCc1ccc(Cl)cc1. The van der Waals surface area contributed by atoms with E-state index in [0.29, 0.717) is 11.6 Å². The summed E-state index contributed by atoms with van der Waals surface area (Å²) in [6, 6.07) is 7.78. The van der Waals surface area contributed by atoms with Crippen molar-refractivity contribution in [3.63, 3.8) is 0 Å². The highest BCUT2D eigenvalue weighted by Crippen LogP contribution is 2.17. The summed E-state index contributed by atoms with van der Waals surface area (Å²) < 4.78 is 0. The summed E-state index contributed by atoms with van der Waals surface area (Å²) >= 11 is 5.83. The Morgan fingerprint density at radius 3 is 2.30 bits per heavy atom. The number of benzene rings is 1. The maximum absolute atomic E-state index is 11.9. The van der Waals surface area contributed by atoms with E-state index in [-0.39, 0.29) is 24.3 Å². The van der Waals surface area contributed by atoms with Gasteiger partial charge < -0.3 is 10.6 Å². The van der Waals surface area contributed by atoms with Crippen LogP contribution in [-0.2, 0) is 16.0 Å². The lowest BCUT2D eigenvalue weighted by molar-refractivity contribution is -0.129. The van der Waals surface area contributed by atoms with Gasteiger partial charge in [-0.2, -0.15) is 0 Å². The number of halogens is 1. The molecule has 0 atom stereocenters. The number of hydrogen-bond acceptors (Lipinski definition) is 2. The molecular formula is C18H25ClN2O2. The molecule has 126 valence electrons. The monoisotopic (exact) mass is 336 g/mol. The largest absolute Gasteiger partial charge is 0.355 e. The summed E-state index contributed by atoms with van der Waals surface area (Å²) in [6.07, 6.45) is 7.53. The lowest BCUT2D eigenvalue weighted by atomic mass is 10.1. The summed E-state index contributed by atoms with van der Waals surface area (Å²) in [5.74, 6) is -0.383. The molecule has 2 amide bonds. The Morgan fingerprint density at radius 1 is 1.00 bits per heavy atom. The van der Waals surface area contributed by atoms with Gasteiger partial charge in [0.2, 0.25) is 11.8 Å². The molecule has 0 aromatic heterocycles. The summed E-state index contributed by atoms with van der Waals surface area (Å²) in [6.45, 7) is 0.525. The van der Waals surface area contributed by atoms with Crippen molar-refractivity contribution in [1.82, 2.24) is 10.6 Å². The Kier molecular flexibility index (Phi) is 7.40. The molecule has 4 nitrogen and oxygen atoms in total. The average molecular weight is 337 g/mol. The molecule has 0 bridgehead atoms. The lowest BCUT2D eigenvalue weighted by Crippen LogP contribution is -2.38. The summed E-state index contributed by atoms with van der Waals surface area (Å²) in [5, 5.41) is 6.48. The molecule has 1 fully saturated rings. The first-order valence-corrected chi connectivity index (χ1v) is 8.82. The molecule has 2 rings (SSSR count). The van der Waals surface area contributed by atoms with Gasteiger partial charge in [-0.05, 0) is 37.0 Å². The molecule has 0 radical (unpaired) electrons. The van der Waals surface area contributed by atoms with E-state index in [1.54, 1.807) is 0 Å². The van der Waals surface area contributed by atoms with Crippen LogP contribution in [0.5, 0.6) is 0 Å². The quantitative estimate of drug-likeness (QED) is 0.619. The summed E-state index contributed by atoms with van der Waals surface area (Å²) in [4.78, 5) is 23.7. The number of carbonyl (C=O) groups excluding carboxylic acids is 2. The number of hydrogen-bond donors (Lipinski definition) is 2. The first kappa shape index (κ1) is 17.8. The van der Waals surface area contributed by atoms with Gasteiger partial charge in [0.15, 0.2) is 0 Å². The first-order chi connectivity index (χ1) is 11.1. The van der Waals surface area contributed by atoms with Crippen LogP contribution in [0.25, 0.3) is 0 Å². The minimum Gasteiger partial charge on any atom is -0.355 e. The van der Waals surface area contributed by atoms with Crippen LogP contribution >= 0.6 is 11.6 Å². The summed E-state index contributed by atoms with van der Waals surface area (Å²) in [7, 11) is 0. The Hall–Kier alpha value is -1.55. The van der Waals surface area contributed by atoms with E-state index >= 15 is 0 Å². The van der Waals surface area contributed by atoms with Gasteiger partial charge in [0.25, 0.3) is 0 Å². The van der Waals surface area contributed by atoms with Gasteiger partial charge in [-0.25, -0.2) is 0 Å². The zero-order chi connectivity index (χ0) is 16.5. The topological polar surface area (TPSA) is 58.2 Å². The van der Waals surface area contributed by atoms with E-state index in [4.69, 9.17) is 11.6 Å². The Labute approximate surface area is 143 Å². The second kappa shape index (κ2) is 9.56. The molecule has 0 saturated heterocycles. The van der Waals surface area contributed by atoms with Gasteiger partial charge >= 0.3 is 0 Å². The zero-order valence-corrected chi connectivity index (χ0v) is 14.2. The third-order valence-corrected chi connectivity index (χ3v) is 4.44. The number of rotatable bonds is 6. The molecule has 23 heavy (non-hydrogen) atoms. The average Bonchev–Trinajstić information content (AvgIpc) is 2.77. The van der Waals surface area contributed by atoms with E-state index in [2.05, 4.69) is 10.6 Å². The standard InChI is InChI=1S/C18H25ClN2O2/c19-15-9-7-14(8-10-15)11-12-20-17(22)13-18(23)21-16-5-3-1-2-4-6-16/h7-10,16H,1-6,11-13H2,(H,20,22)(H,21,23). The van der Waals surface area contributed by atoms with Gasteiger partial charge in [0.1, 0.15) is 6.42 Å². The van der Waals surface area contributed by atoms with E-state index in [9.17, 15) is 9.59 Å². The van der Waals surface area contributed by atoms with Crippen molar-refractivity contribution in [2.75, 3.05) is 6.54 Å². The van der Waals surface area contributed by atoms with Gasteiger partial charge in [-0.3, -0.25) is 9.59 Å². The smallest absolute Gasteiger partial charge is 0.229 e. The van der Waals surface area contributed by atoms with Crippen molar-refractivity contribution < 1.29 is 9.59 Å². The van der Waals surface area contributed by atoms with Crippen LogP contribution in [0.2, 0.25) is 5.02 Å². The molecule has 1 aromatic carbocycles. The van der Waals surface area contributed by atoms with Crippen LogP contribution in [0.4, 0.5) is 0 Å². The molecule has 1 aromatic rings. The molecule has 0 heterocycles. The molecular weight excluding hydrogens is 312 g/mol. The molecule has 1 saturated carbocycles. The second-order valence-corrected chi connectivity index (χ2v) is 6.60. The third-order valence-electron chi connectivity index (χ3n) is 4.19. The Balaban J connectivity index is 1.63. The first-order valence-electron chi connectivity index (χ1n) is 8.44. The van der Waals surface area contributed by atoms with E-state index < -0.39 is 0 Å². The Morgan fingerprint density at radius 2 is 1.65 bits per heavy atom. The maximum atomic E-state index is 11.9. The highest BCUT2D eigenvalue weighted by Gasteiger charge is 2.16. The van der Waals surface area contributed by atoms with Crippen LogP contribution < -0.4 is 10.6 Å². The minimum atomic E-state index is -0.218. The van der Waals surface area contributed by atoms with E-state index in [1.807, 2.05) is 24.3 Å². The highest BCUT2D eigenvalue weighted by atomic mass is 35.5. The van der Waals surface area contributed by atoms with Crippen LogP contribution in [0, 0.1) is 0 Å². The fourth-order valence-corrected chi connectivity index (χ4v) is 3.03. The van der Waals surface area contributed by atoms with Crippen LogP contribution in [0.3, 0.4) is 0 Å². The Bertz CT molecular complexity index is 508. The summed E-state index contributed by atoms with van der Waals surface area (Å²) in [5.41, 5.74) is 1.11. The van der Waals surface area contributed by atoms with Crippen LogP contribution in [-0.4, -0.2) is 24.4 Å². The van der Waals surface area contributed by atoms with Crippen LogP contribution in [0.1, 0.15) is 50.5 Å². The maximum Gasteiger partial charge on any atom is 0.229 e. The predicted molar refractivity (Wildman–Crippen MR) is 92.4 cm³/mol. The van der Waals surface area contributed by atoms with Gasteiger partial charge in [0, 0.05) is 17.6 Å². The lowest BCUT2D eigenvalue weighted by Gasteiger charge is -2.16. The molecule has 5 heteroatoms. The highest BCUT2D eigenvalue weighted by molar-refractivity contribution is 6.30. The van der Waals surface area contributed by atoms with Crippen molar-refractivity contribution in [2.24, 2.45) is 0 Å². The number of nitrogens with one attached hydrogen (secondary N) is 2. The van der Waals surface area contributed by atoms with E-state index in [0.717, 1.165) is 37.7 Å². The molecule has 0 spiro atoms. The fraction of sp³-hybridized carbons (Fsp3) is 0.556. The van der Waals surface area contributed by atoms with Gasteiger partial charge in [0.05, 0.1) is 0 Å². The fourth-order valence-electron chi connectivity index (χ4n) is 2.91. The minimum absolute atomic E-state index is 0.0862. The number of amides is 2. The second-order valence-electron chi connectivity index (χ2n) is 6.16. The molecule has 0 unspecified atom stereocenters. The van der Waals surface area contributed by atoms with Gasteiger partial charge in [-0.1, -0.05) is 49.4 Å².